The third-order valence-electron chi connectivity index (χ3n) is 2.68. The van der Waals surface area contributed by atoms with Crippen LogP contribution in [0, 0.1) is 0 Å². The number of carbonyl (C=O) groups is 1. The Morgan fingerprint density at radius 1 is 1.12 bits per heavy atom. The minimum absolute atomic E-state index is 0.387. The van der Waals surface area contributed by atoms with E-state index >= 15 is 0 Å². The Labute approximate surface area is 104 Å². The SMILES string of the molecule is CCCC(=O)CCCc1ccc(OCC)cc1. The van der Waals surface area contributed by atoms with Crippen molar-refractivity contribution in [1.82, 2.24) is 0 Å². The molecule has 0 saturated heterocycles. The van der Waals surface area contributed by atoms with Gasteiger partial charge in [-0.25, -0.2) is 0 Å². The van der Waals surface area contributed by atoms with Crippen molar-refractivity contribution in [3.63, 3.8) is 0 Å². The van der Waals surface area contributed by atoms with Crippen molar-refractivity contribution in [2.75, 3.05) is 6.61 Å². The van der Waals surface area contributed by atoms with Gasteiger partial charge in [0.2, 0.25) is 0 Å². The van der Waals surface area contributed by atoms with Crippen molar-refractivity contribution in [3.8, 4) is 5.75 Å². The predicted molar refractivity (Wildman–Crippen MR) is 70.5 cm³/mol. The summed E-state index contributed by atoms with van der Waals surface area (Å²) in [6, 6.07) is 8.14. The largest absolute Gasteiger partial charge is 0.494 e. The number of ether oxygens (including phenoxy) is 1. The van der Waals surface area contributed by atoms with E-state index in [2.05, 4.69) is 12.1 Å². The van der Waals surface area contributed by atoms with Crippen molar-refractivity contribution in [2.45, 2.75) is 46.0 Å². The number of Topliss-reactive ketones (excluding diaryl/α,β-unsaturated/α-hetero) is 1. The molecule has 0 aromatic heterocycles. The van der Waals surface area contributed by atoms with Crippen LogP contribution in [-0.4, -0.2) is 12.4 Å². The summed E-state index contributed by atoms with van der Waals surface area (Å²) in [5.41, 5.74) is 1.28. The zero-order chi connectivity index (χ0) is 12.5. The van der Waals surface area contributed by atoms with Crippen LogP contribution in [0.2, 0.25) is 0 Å². The average Bonchev–Trinajstić information content (AvgIpc) is 2.32. The molecule has 0 unspecified atom stereocenters. The second-order valence-electron chi connectivity index (χ2n) is 4.22. The van der Waals surface area contributed by atoms with E-state index in [0.717, 1.165) is 31.4 Å². The van der Waals surface area contributed by atoms with Gasteiger partial charge in [0.05, 0.1) is 6.61 Å². The van der Waals surface area contributed by atoms with Gasteiger partial charge in [0.15, 0.2) is 0 Å². The van der Waals surface area contributed by atoms with E-state index in [0.29, 0.717) is 18.8 Å². The molecule has 0 atom stereocenters. The molecule has 0 radical (unpaired) electrons. The number of rotatable bonds is 8. The van der Waals surface area contributed by atoms with Gasteiger partial charge < -0.3 is 4.74 Å². The lowest BCUT2D eigenvalue weighted by Gasteiger charge is -2.04. The highest BCUT2D eigenvalue weighted by Crippen LogP contribution is 2.14. The molecular weight excluding hydrogens is 212 g/mol. The van der Waals surface area contributed by atoms with Gasteiger partial charge >= 0.3 is 0 Å². The smallest absolute Gasteiger partial charge is 0.132 e. The summed E-state index contributed by atoms with van der Waals surface area (Å²) in [6.07, 6.45) is 4.32. The van der Waals surface area contributed by atoms with E-state index in [-0.39, 0.29) is 0 Å². The van der Waals surface area contributed by atoms with Crippen LogP contribution in [0.25, 0.3) is 0 Å². The van der Waals surface area contributed by atoms with Crippen LogP contribution in [0.4, 0.5) is 0 Å². The maximum absolute atomic E-state index is 11.4. The standard InChI is InChI=1S/C15H22O2/c1-3-6-14(16)8-5-7-13-9-11-15(12-10-13)17-4-2/h9-12H,3-8H2,1-2H3. The number of hydrogen-bond donors (Lipinski definition) is 0. The Balaban J connectivity index is 2.29. The highest BCUT2D eigenvalue weighted by atomic mass is 16.5. The van der Waals surface area contributed by atoms with Crippen molar-refractivity contribution in [3.05, 3.63) is 29.8 Å². The fourth-order valence-electron chi connectivity index (χ4n) is 1.81. The highest BCUT2D eigenvalue weighted by molar-refractivity contribution is 5.78. The van der Waals surface area contributed by atoms with Crippen molar-refractivity contribution in [2.24, 2.45) is 0 Å². The molecule has 0 amide bonds. The molecule has 17 heavy (non-hydrogen) atoms. The Morgan fingerprint density at radius 3 is 2.41 bits per heavy atom. The predicted octanol–water partition coefficient (Wildman–Crippen LogP) is 3.78. The van der Waals surface area contributed by atoms with Crippen LogP contribution >= 0.6 is 0 Å². The first kappa shape index (κ1) is 13.8. The second-order valence-corrected chi connectivity index (χ2v) is 4.22. The number of benzene rings is 1. The maximum atomic E-state index is 11.4. The quantitative estimate of drug-likeness (QED) is 0.684. The van der Waals surface area contributed by atoms with Crippen molar-refractivity contribution in [1.29, 1.82) is 0 Å². The zero-order valence-corrected chi connectivity index (χ0v) is 10.9. The van der Waals surface area contributed by atoms with Crippen molar-refractivity contribution >= 4 is 5.78 Å². The molecule has 1 aromatic rings. The molecule has 0 fully saturated rings. The Kier molecular flexibility index (Phi) is 6.38. The topological polar surface area (TPSA) is 26.3 Å². The van der Waals surface area contributed by atoms with Gasteiger partial charge in [-0.2, -0.15) is 0 Å². The molecule has 1 rings (SSSR count). The van der Waals surface area contributed by atoms with Gasteiger partial charge in [-0.15, -0.1) is 0 Å². The number of carbonyl (C=O) groups excluding carboxylic acids is 1. The minimum Gasteiger partial charge on any atom is -0.494 e. The highest BCUT2D eigenvalue weighted by Gasteiger charge is 2.01. The first-order valence-corrected chi connectivity index (χ1v) is 6.49. The molecule has 2 heteroatoms. The molecule has 0 bridgehead atoms. The van der Waals surface area contributed by atoms with Gasteiger partial charge in [-0.1, -0.05) is 19.1 Å². The van der Waals surface area contributed by atoms with Gasteiger partial charge in [-0.05, 0) is 43.9 Å². The summed E-state index contributed by atoms with van der Waals surface area (Å²) >= 11 is 0. The molecule has 0 spiro atoms. The second kappa shape index (κ2) is 7.88. The van der Waals surface area contributed by atoms with E-state index in [9.17, 15) is 4.79 Å². The minimum atomic E-state index is 0.387. The molecule has 2 nitrogen and oxygen atoms in total. The van der Waals surface area contributed by atoms with Gasteiger partial charge in [0.25, 0.3) is 0 Å². The lowest BCUT2D eigenvalue weighted by Crippen LogP contribution is -1.98. The van der Waals surface area contributed by atoms with E-state index in [1.165, 1.54) is 5.56 Å². The maximum Gasteiger partial charge on any atom is 0.132 e. The molecule has 0 heterocycles. The normalized spacial score (nSPS) is 10.2. The first-order chi connectivity index (χ1) is 8.26. The fraction of sp³-hybridized carbons (Fsp3) is 0.533. The van der Waals surface area contributed by atoms with E-state index in [1.807, 2.05) is 26.0 Å². The van der Waals surface area contributed by atoms with Crippen LogP contribution in [0.1, 0.15) is 45.1 Å². The number of hydrogen-bond acceptors (Lipinski definition) is 2. The average molecular weight is 234 g/mol. The van der Waals surface area contributed by atoms with Crippen LogP contribution < -0.4 is 4.74 Å². The number of aryl methyl sites for hydroxylation is 1. The summed E-state index contributed by atoms with van der Waals surface area (Å²) in [7, 11) is 0. The summed E-state index contributed by atoms with van der Waals surface area (Å²) in [4.78, 5) is 11.4. The van der Waals surface area contributed by atoms with E-state index < -0.39 is 0 Å². The summed E-state index contributed by atoms with van der Waals surface area (Å²) in [5, 5.41) is 0. The summed E-state index contributed by atoms with van der Waals surface area (Å²) < 4.78 is 5.38. The van der Waals surface area contributed by atoms with Crippen LogP contribution in [0.15, 0.2) is 24.3 Å². The third kappa shape index (κ3) is 5.53. The molecule has 0 aliphatic rings. The molecule has 94 valence electrons. The fourth-order valence-corrected chi connectivity index (χ4v) is 1.81. The summed E-state index contributed by atoms with van der Waals surface area (Å²) in [6.45, 7) is 4.72. The van der Waals surface area contributed by atoms with Gasteiger partial charge in [0, 0.05) is 12.8 Å². The molecular formula is C15H22O2. The molecule has 0 saturated carbocycles. The molecule has 0 N–H and O–H groups in total. The van der Waals surface area contributed by atoms with Crippen LogP contribution in [-0.2, 0) is 11.2 Å². The first-order valence-electron chi connectivity index (χ1n) is 6.49. The van der Waals surface area contributed by atoms with Gasteiger partial charge in [-0.3, -0.25) is 4.79 Å². The molecule has 1 aromatic carbocycles. The van der Waals surface area contributed by atoms with Gasteiger partial charge in [0.1, 0.15) is 11.5 Å². The Morgan fingerprint density at radius 2 is 1.82 bits per heavy atom. The van der Waals surface area contributed by atoms with Crippen molar-refractivity contribution < 1.29 is 9.53 Å². The molecule has 0 aliphatic carbocycles. The summed E-state index contributed by atoms with van der Waals surface area (Å²) in [5.74, 6) is 1.30. The Hall–Kier alpha value is -1.31. The zero-order valence-electron chi connectivity index (χ0n) is 10.9. The monoisotopic (exact) mass is 234 g/mol. The van der Waals surface area contributed by atoms with E-state index in [1.54, 1.807) is 0 Å². The number of ketones is 1. The van der Waals surface area contributed by atoms with Crippen LogP contribution in [0.3, 0.4) is 0 Å². The molecule has 0 aliphatic heterocycles. The Bertz CT molecular complexity index is 327. The lowest BCUT2D eigenvalue weighted by molar-refractivity contribution is -0.119. The van der Waals surface area contributed by atoms with Crippen LogP contribution in [0.5, 0.6) is 5.75 Å². The van der Waals surface area contributed by atoms with E-state index in [4.69, 9.17) is 4.74 Å². The third-order valence-corrected chi connectivity index (χ3v) is 2.68. The lowest BCUT2D eigenvalue weighted by atomic mass is 10.0.